The molecule has 1 aliphatic heterocycles. The number of amides is 1. The number of piperidine rings is 1. The van der Waals surface area contributed by atoms with Crippen molar-refractivity contribution in [1.29, 1.82) is 0 Å². The lowest BCUT2D eigenvalue weighted by molar-refractivity contribution is -0.123. The zero-order valence-corrected chi connectivity index (χ0v) is 15.3. The van der Waals surface area contributed by atoms with Crippen LogP contribution in [0.1, 0.15) is 44.2 Å². The molecule has 1 aromatic rings. The van der Waals surface area contributed by atoms with Gasteiger partial charge < -0.3 is 19.7 Å². The highest BCUT2D eigenvalue weighted by Crippen LogP contribution is 2.31. The average Bonchev–Trinajstić information content (AvgIpc) is 2.61. The lowest BCUT2D eigenvalue weighted by Crippen LogP contribution is -2.34. The number of methoxy groups -OCH3 is 2. The van der Waals surface area contributed by atoms with Crippen LogP contribution >= 0.6 is 0 Å². The third-order valence-electron chi connectivity index (χ3n) is 4.87. The summed E-state index contributed by atoms with van der Waals surface area (Å²) in [5.41, 5.74) is 1.05. The van der Waals surface area contributed by atoms with Crippen molar-refractivity contribution in [1.82, 2.24) is 10.2 Å². The average molecular weight is 334 g/mol. The zero-order valence-electron chi connectivity index (χ0n) is 15.3. The lowest BCUT2D eigenvalue weighted by atomic mass is 9.93. The van der Waals surface area contributed by atoms with Gasteiger partial charge in [0.25, 0.3) is 0 Å². The second-order valence-electron chi connectivity index (χ2n) is 6.59. The van der Waals surface area contributed by atoms with E-state index in [1.54, 1.807) is 14.2 Å². The molecular formula is C19H30N2O3. The normalized spacial score (nSPS) is 17.3. The Kier molecular flexibility index (Phi) is 6.91. The maximum atomic E-state index is 12.4. The van der Waals surface area contributed by atoms with Gasteiger partial charge in [0.2, 0.25) is 5.91 Å². The molecule has 1 aliphatic rings. The molecule has 1 heterocycles. The van der Waals surface area contributed by atoms with Gasteiger partial charge >= 0.3 is 0 Å². The predicted molar refractivity (Wildman–Crippen MR) is 95.6 cm³/mol. The third kappa shape index (κ3) is 4.87. The molecule has 1 N–H and O–H groups in total. The Morgan fingerprint density at radius 3 is 2.50 bits per heavy atom. The number of hydrogen-bond acceptors (Lipinski definition) is 4. The monoisotopic (exact) mass is 334 g/mol. The molecule has 0 radical (unpaired) electrons. The summed E-state index contributed by atoms with van der Waals surface area (Å²) in [6.07, 6.45) is 3.68. The Balaban J connectivity index is 1.97. The number of benzene rings is 1. The van der Waals surface area contributed by atoms with E-state index in [1.807, 2.05) is 18.2 Å². The first-order valence-corrected chi connectivity index (χ1v) is 8.77. The molecule has 1 atom stereocenters. The van der Waals surface area contributed by atoms with Crippen molar-refractivity contribution in [2.45, 2.75) is 38.6 Å². The Hall–Kier alpha value is -1.75. The first-order chi connectivity index (χ1) is 11.6. The molecule has 0 aliphatic carbocycles. The number of hydrogen-bond donors (Lipinski definition) is 1. The van der Waals surface area contributed by atoms with Crippen LogP contribution in [0.25, 0.3) is 0 Å². The van der Waals surface area contributed by atoms with E-state index in [1.165, 1.54) is 0 Å². The quantitative estimate of drug-likeness (QED) is 0.833. The molecular weight excluding hydrogens is 304 g/mol. The van der Waals surface area contributed by atoms with Gasteiger partial charge in [0, 0.05) is 6.42 Å². The molecule has 0 bridgehead atoms. The van der Waals surface area contributed by atoms with Gasteiger partial charge in [-0.1, -0.05) is 13.0 Å². The maximum absolute atomic E-state index is 12.4. The van der Waals surface area contributed by atoms with Gasteiger partial charge in [-0.15, -0.1) is 0 Å². The van der Waals surface area contributed by atoms with Gasteiger partial charge in [0.05, 0.1) is 20.3 Å². The molecule has 0 saturated carbocycles. The van der Waals surface area contributed by atoms with Crippen molar-refractivity contribution in [3.63, 3.8) is 0 Å². The highest BCUT2D eigenvalue weighted by molar-refractivity contribution is 5.76. The van der Waals surface area contributed by atoms with E-state index < -0.39 is 0 Å². The van der Waals surface area contributed by atoms with Crippen molar-refractivity contribution in [2.24, 2.45) is 5.92 Å². The van der Waals surface area contributed by atoms with E-state index >= 15 is 0 Å². The van der Waals surface area contributed by atoms with Crippen LogP contribution in [0.2, 0.25) is 0 Å². The standard InChI is InChI=1S/C19H30N2O3/c1-5-16(15-6-7-17(23-3)18(13-15)24-4)20-19(22)12-14-8-10-21(2)11-9-14/h6-7,13-14,16H,5,8-12H2,1-4H3,(H,20,22)/t16-/m1/s1. The van der Waals surface area contributed by atoms with E-state index in [2.05, 4.69) is 24.2 Å². The zero-order chi connectivity index (χ0) is 17.5. The number of likely N-dealkylation sites (tertiary alicyclic amines) is 1. The van der Waals surface area contributed by atoms with Gasteiger partial charge in [-0.3, -0.25) is 4.79 Å². The molecule has 0 unspecified atom stereocenters. The summed E-state index contributed by atoms with van der Waals surface area (Å²) in [6.45, 7) is 4.26. The van der Waals surface area contributed by atoms with Crippen LogP contribution in [-0.4, -0.2) is 45.2 Å². The fourth-order valence-electron chi connectivity index (χ4n) is 3.27. The molecule has 24 heavy (non-hydrogen) atoms. The summed E-state index contributed by atoms with van der Waals surface area (Å²) in [4.78, 5) is 14.8. The topological polar surface area (TPSA) is 50.8 Å². The Bertz CT molecular complexity index is 539. The van der Waals surface area contributed by atoms with Crippen molar-refractivity contribution in [2.75, 3.05) is 34.4 Å². The van der Waals surface area contributed by atoms with Crippen molar-refractivity contribution in [3.05, 3.63) is 23.8 Å². The minimum Gasteiger partial charge on any atom is -0.493 e. The largest absolute Gasteiger partial charge is 0.493 e. The number of ether oxygens (including phenoxy) is 2. The van der Waals surface area contributed by atoms with Crippen LogP contribution < -0.4 is 14.8 Å². The predicted octanol–water partition coefficient (Wildman–Crippen LogP) is 3.00. The van der Waals surface area contributed by atoms with E-state index in [-0.39, 0.29) is 11.9 Å². The highest BCUT2D eigenvalue weighted by Gasteiger charge is 2.21. The second kappa shape index (κ2) is 8.92. The molecule has 5 nitrogen and oxygen atoms in total. The molecule has 1 amide bonds. The molecule has 1 fully saturated rings. The Morgan fingerprint density at radius 1 is 1.25 bits per heavy atom. The van der Waals surface area contributed by atoms with E-state index in [4.69, 9.17) is 9.47 Å². The van der Waals surface area contributed by atoms with Gasteiger partial charge in [-0.2, -0.15) is 0 Å². The van der Waals surface area contributed by atoms with Gasteiger partial charge in [0.1, 0.15) is 0 Å². The van der Waals surface area contributed by atoms with Crippen LogP contribution in [0.4, 0.5) is 0 Å². The molecule has 2 rings (SSSR count). The third-order valence-corrected chi connectivity index (χ3v) is 4.87. The lowest BCUT2D eigenvalue weighted by Gasteiger charge is -2.29. The maximum Gasteiger partial charge on any atom is 0.220 e. The first kappa shape index (κ1) is 18.6. The molecule has 0 spiro atoms. The summed E-state index contributed by atoms with van der Waals surface area (Å²) in [7, 11) is 5.39. The summed E-state index contributed by atoms with van der Waals surface area (Å²) in [5, 5.41) is 3.18. The van der Waals surface area contributed by atoms with Crippen LogP contribution in [0.15, 0.2) is 18.2 Å². The summed E-state index contributed by atoms with van der Waals surface area (Å²) >= 11 is 0. The van der Waals surface area contributed by atoms with E-state index in [9.17, 15) is 4.79 Å². The minimum atomic E-state index is 0.00331. The Morgan fingerprint density at radius 2 is 1.92 bits per heavy atom. The highest BCUT2D eigenvalue weighted by atomic mass is 16.5. The SMILES string of the molecule is CC[C@@H](NC(=O)CC1CCN(C)CC1)c1ccc(OC)c(OC)c1. The number of nitrogens with one attached hydrogen (secondary N) is 1. The summed E-state index contributed by atoms with van der Waals surface area (Å²) in [5.74, 6) is 2.04. The smallest absolute Gasteiger partial charge is 0.220 e. The van der Waals surface area contributed by atoms with Crippen molar-refractivity contribution < 1.29 is 14.3 Å². The fraction of sp³-hybridized carbons (Fsp3) is 0.632. The molecule has 134 valence electrons. The summed E-state index contributed by atoms with van der Waals surface area (Å²) < 4.78 is 10.6. The van der Waals surface area contributed by atoms with Crippen LogP contribution in [0, 0.1) is 5.92 Å². The van der Waals surface area contributed by atoms with Gasteiger partial charge in [-0.25, -0.2) is 0 Å². The van der Waals surface area contributed by atoms with E-state index in [0.29, 0.717) is 23.8 Å². The fourth-order valence-corrected chi connectivity index (χ4v) is 3.27. The second-order valence-corrected chi connectivity index (χ2v) is 6.59. The Labute approximate surface area is 145 Å². The number of nitrogens with zero attached hydrogens (tertiary/aromatic N) is 1. The minimum absolute atomic E-state index is 0.00331. The van der Waals surface area contributed by atoms with Crippen LogP contribution in [0.5, 0.6) is 11.5 Å². The van der Waals surface area contributed by atoms with Gasteiger partial charge in [0.15, 0.2) is 11.5 Å². The van der Waals surface area contributed by atoms with Crippen molar-refractivity contribution >= 4 is 5.91 Å². The van der Waals surface area contributed by atoms with Crippen LogP contribution in [-0.2, 0) is 4.79 Å². The summed E-state index contributed by atoms with van der Waals surface area (Å²) in [6, 6.07) is 5.83. The number of carbonyl (C=O) groups excluding carboxylic acids is 1. The van der Waals surface area contributed by atoms with Gasteiger partial charge in [-0.05, 0) is 63.0 Å². The van der Waals surface area contributed by atoms with E-state index in [0.717, 1.165) is 37.9 Å². The molecule has 1 aromatic carbocycles. The molecule has 5 heteroatoms. The van der Waals surface area contributed by atoms with Crippen molar-refractivity contribution in [3.8, 4) is 11.5 Å². The number of rotatable bonds is 7. The molecule has 0 aromatic heterocycles. The molecule has 1 saturated heterocycles. The first-order valence-electron chi connectivity index (χ1n) is 8.77. The van der Waals surface area contributed by atoms with Crippen LogP contribution in [0.3, 0.4) is 0 Å². The number of carbonyl (C=O) groups is 1.